The van der Waals surface area contributed by atoms with Crippen LogP contribution in [0.25, 0.3) is 0 Å². The van der Waals surface area contributed by atoms with Gasteiger partial charge < -0.3 is 10.1 Å². The van der Waals surface area contributed by atoms with E-state index in [0.29, 0.717) is 6.61 Å². The average Bonchev–Trinajstić information content (AvgIpc) is 2.25. The summed E-state index contributed by atoms with van der Waals surface area (Å²) in [6.45, 7) is 4.63. The van der Waals surface area contributed by atoms with Gasteiger partial charge in [0, 0.05) is 19.5 Å². The molecule has 0 aliphatic rings. The minimum atomic E-state index is -0.233. The highest BCUT2D eigenvalue weighted by Crippen LogP contribution is 1.98. The number of carbonyl (C=O) groups is 1. The summed E-state index contributed by atoms with van der Waals surface area (Å²) in [6.07, 6.45) is 0. The van der Waals surface area contributed by atoms with E-state index in [1.807, 2.05) is 25.1 Å². The summed E-state index contributed by atoms with van der Waals surface area (Å²) in [6, 6.07) is 10.3. The van der Waals surface area contributed by atoms with Crippen LogP contribution in [0.2, 0.25) is 0 Å². The molecule has 0 radical (unpaired) electrons. The predicted molar refractivity (Wildman–Crippen MR) is 59.4 cm³/mol. The third-order valence-electron chi connectivity index (χ3n) is 2.03. The van der Waals surface area contributed by atoms with Gasteiger partial charge in [0.15, 0.2) is 0 Å². The van der Waals surface area contributed by atoms with E-state index in [2.05, 4.69) is 17.4 Å². The lowest BCUT2D eigenvalue weighted by Crippen LogP contribution is -2.30. The fraction of sp³-hybridized carbons (Fsp3) is 0.417. The number of nitrogens with one attached hydrogen (secondary N) is 1. The molecule has 0 amide bonds. The Morgan fingerprint density at radius 2 is 2.07 bits per heavy atom. The molecule has 15 heavy (non-hydrogen) atoms. The van der Waals surface area contributed by atoms with Crippen molar-refractivity contribution in [1.82, 2.24) is 5.32 Å². The van der Waals surface area contributed by atoms with Crippen molar-refractivity contribution in [2.24, 2.45) is 0 Å². The van der Waals surface area contributed by atoms with Crippen LogP contribution < -0.4 is 5.32 Å². The van der Waals surface area contributed by atoms with E-state index in [9.17, 15) is 4.79 Å². The molecule has 82 valence electrons. The van der Waals surface area contributed by atoms with Crippen molar-refractivity contribution >= 4 is 5.97 Å². The van der Waals surface area contributed by atoms with Crippen molar-refractivity contribution in [2.45, 2.75) is 26.4 Å². The lowest BCUT2D eigenvalue weighted by Gasteiger charge is -2.13. The lowest BCUT2D eigenvalue weighted by molar-refractivity contribution is -0.141. The third-order valence-corrected chi connectivity index (χ3v) is 2.03. The Morgan fingerprint density at radius 1 is 1.40 bits per heavy atom. The molecule has 0 unspecified atom stereocenters. The molecule has 1 aromatic rings. The first-order valence-corrected chi connectivity index (χ1v) is 5.09. The van der Waals surface area contributed by atoms with Crippen LogP contribution in [0.1, 0.15) is 19.4 Å². The Morgan fingerprint density at radius 3 is 2.67 bits per heavy atom. The van der Waals surface area contributed by atoms with Crippen LogP contribution in [0.15, 0.2) is 30.3 Å². The highest BCUT2D eigenvalue weighted by molar-refractivity contribution is 5.65. The monoisotopic (exact) mass is 207 g/mol. The van der Waals surface area contributed by atoms with Crippen molar-refractivity contribution in [3.8, 4) is 0 Å². The molecule has 0 fully saturated rings. The minimum absolute atomic E-state index is 0.175. The summed E-state index contributed by atoms with van der Waals surface area (Å²) in [7, 11) is 0. The molecule has 0 aromatic heterocycles. The predicted octanol–water partition coefficient (Wildman–Crippen LogP) is 1.73. The van der Waals surface area contributed by atoms with Gasteiger partial charge in [0.2, 0.25) is 0 Å². The maximum absolute atomic E-state index is 10.6. The van der Waals surface area contributed by atoms with Gasteiger partial charge in [-0.1, -0.05) is 30.3 Å². The maximum atomic E-state index is 10.6. The average molecular weight is 207 g/mol. The molecule has 1 N–H and O–H groups in total. The number of hydrogen-bond acceptors (Lipinski definition) is 3. The zero-order chi connectivity index (χ0) is 11.1. The van der Waals surface area contributed by atoms with Gasteiger partial charge in [0.05, 0.1) is 0 Å². The lowest BCUT2D eigenvalue weighted by atomic mass is 10.2. The zero-order valence-electron chi connectivity index (χ0n) is 9.19. The van der Waals surface area contributed by atoms with Crippen LogP contribution in [-0.4, -0.2) is 18.6 Å². The molecule has 0 spiro atoms. The second-order valence-electron chi connectivity index (χ2n) is 3.57. The molecule has 1 rings (SSSR count). The first-order valence-electron chi connectivity index (χ1n) is 5.09. The molecule has 3 nitrogen and oxygen atoms in total. The Hall–Kier alpha value is -1.35. The van der Waals surface area contributed by atoms with Crippen molar-refractivity contribution in [3.05, 3.63) is 35.9 Å². The van der Waals surface area contributed by atoms with Crippen LogP contribution in [0, 0.1) is 0 Å². The van der Waals surface area contributed by atoms with Gasteiger partial charge in [0.1, 0.15) is 6.61 Å². The minimum Gasteiger partial charge on any atom is -0.464 e. The molecule has 3 heteroatoms. The van der Waals surface area contributed by atoms with E-state index in [-0.39, 0.29) is 12.0 Å². The Labute approximate surface area is 90.4 Å². The maximum Gasteiger partial charge on any atom is 0.302 e. The Balaban J connectivity index is 2.22. The van der Waals surface area contributed by atoms with Crippen LogP contribution >= 0.6 is 0 Å². The standard InChI is InChI=1S/C12H17NO2/c1-10(9-15-11(2)14)13-8-12-6-4-3-5-7-12/h3-7,10,13H,8-9H2,1-2H3/t10-/m0/s1. The van der Waals surface area contributed by atoms with Gasteiger partial charge in [-0.15, -0.1) is 0 Å². The second-order valence-corrected chi connectivity index (χ2v) is 3.57. The van der Waals surface area contributed by atoms with Crippen molar-refractivity contribution in [1.29, 1.82) is 0 Å². The Bertz CT molecular complexity index is 298. The van der Waals surface area contributed by atoms with Crippen molar-refractivity contribution in [2.75, 3.05) is 6.61 Å². The summed E-state index contributed by atoms with van der Waals surface area (Å²) in [5.41, 5.74) is 1.23. The van der Waals surface area contributed by atoms with Crippen LogP contribution in [0.5, 0.6) is 0 Å². The van der Waals surface area contributed by atoms with Crippen molar-refractivity contribution in [3.63, 3.8) is 0 Å². The van der Waals surface area contributed by atoms with Crippen LogP contribution in [-0.2, 0) is 16.1 Å². The van der Waals surface area contributed by atoms with Gasteiger partial charge in [0.25, 0.3) is 0 Å². The van der Waals surface area contributed by atoms with E-state index < -0.39 is 0 Å². The number of rotatable bonds is 5. The summed E-state index contributed by atoms with van der Waals surface area (Å²) < 4.78 is 4.89. The number of ether oxygens (including phenoxy) is 1. The van der Waals surface area contributed by atoms with E-state index in [0.717, 1.165) is 6.54 Å². The van der Waals surface area contributed by atoms with Gasteiger partial charge in [-0.05, 0) is 12.5 Å². The topological polar surface area (TPSA) is 38.3 Å². The quantitative estimate of drug-likeness (QED) is 0.747. The molecule has 0 aliphatic heterocycles. The highest BCUT2D eigenvalue weighted by atomic mass is 16.5. The number of esters is 1. The number of hydrogen-bond donors (Lipinski definition) is 1. The summed E-state index contributed by atoms with van der Waals surface area (Å²) >= 11 is 0. The molecule has 0 heterocycles. The van der Waals surface area contributed by atoms with Gasteiger partial charge in [-0.3, -0.25) is 4.79 Å². The largest absolute Gasteiger partial charge is 0.464 e. The first-order chi connectivity index (χ1) is 7.18. The molecular formula is C12H17NO2. The molecular weight excluding hydrogens is 190 g/mol. The third kappa shape index (κ3) is 5.18. The van der Waals surface area contributed by atoms with Gasteiger partial charge in [-0.25, -0.2) is 0 Å². The summed E-state index contributed by atoms with van der Waals surface area (Å²) in [4.78, 5) is 10.6. The summed E-state index contributed by atoms with van der Waals surface area (Å²) in [5.74, 6) is -0.233. The normalized spacial score (nSPS) is 12.1. The van der Waals surface area contributed by atoms with Crippen LogP contribution in [0.4, 0.5) is 0 Å². The fourth-order valence-electron chi connectivity index (χ4n) is 1.19. The van der Waals surface area contributed by atoms with Crippen LogP contribution in [0.3, 0.4) is 0 Å². The molecule has 0 saturated heterocycles. The fourth-order valence-corrected chi connectivity index (χ4v) is 1.19. The Kier molecular flexibility index (Phi) is 4.84. The molecule has 0 bridgehead atoms. The molecule has 0 saturated carbocycles. The van der Waals surface area contributed by atoms with E-state index >= 15 is 0 Å². The highest BCUT2D eigenvalue weighted by Gasteiger charge is 2.02. The van der Waals surface area contributed by atoms with E-state index in [1.165, 1.54) is 12.5 Å². The van der Waals surface area contributed by atoms with Gasteiger partial charge in [-0.2, -0.15) is 0 Å². The molecule has 1 aromatic carbocycles. The number of carbonyl (C=O) groups excluding carboxylic acids is 1. The SMILES string of the molecule is CC(=O)OC[C@H](C)NCc1ccccc1. The second kappa shape index (κ2) is 6.19. The summed E-state index contributed by atoms with van der Waals surface area (Å²) in [5, 5.41) is 3.28. The first kappa shape index (κ1) is 11.7. The molecule has 1 atom stereocenters. The van der Waals surface area contributed by atoms with Gasteiger partial charge >= 0.3 is 5.97 Å². The zero-order valence-corrected chi connectivity index (χ0v) is 9.19. The van der Waals surface area contributed by atoms with E-state index in [1.54, 1.807) is 0 Å². The number of benzene rings is 1. The molecule has 0 aliphatic carbocycles. The smallest absolute Gasteiger partial charge is 0.302 e. The van der Waals surface area contributed by atoms with E-state index in [4.69, 9.17) is 4.74 Å². The van der Waals surface area contributed by atoms with Crippen molar-refractivity contribution < 1.29 is 9.53 Å².